The molecule has 4 aliphatic rings. The molecule has 0 aliphatic heterocycles. The molecule has 0 heterocycles. The smallest absolute Gasteiger partial charge is 0.0551 e. The number of fused-ring (bicyclic) bond motifs is 3. The van der Waals surface area contributed by atoms with Crippen molar-refractivity contribution in [2.24, 2.45) is 41.4 Å². The van der Waals surface area contributed by atoms with Crippen LogP contribution in [0.4, 0.5) is 0 Å². The van der Waals surface area contributed by atoms with E-state index in [2.05, 4.69) is 25.2 Å². The fourth-order valence-electron chi connectivity index (χ4n) is 5.19. The molecule has 0 aromatic rings. The summed E-state index contributed by atoms with van der Waals surface area (Å²) in [6, 6.07) is 0. The summed E-state index contributed by atoms with van der Waals surface area (Å²) in [6.45, 7) is 4.31. The number of aliphatic hydroxyl groups excluding tert-OH is 1. The summed E-state index contributed by atoms with van der Waals surface area (Å²) in [5.74, 6) is 5.46. The highest BCUT2D eigenvalue weighted by Gasteiger charge is 2.53. The molecule has 1 nitrogen and oxygen atoms in total. The van der Waals surface area contributed by atoms with E-state index < -0.39 is 0 Å². The first kappa shape index (κ1) is 11.3. The topological polar surface area (TPSA) is 20.2 Å². The van der Waals surface area contributed by atoms with Gasteiger partial charge in [0.1, 0.15) is 0 Å². The summed E-state index contributed by atoms with van der Waals surface area (Å²) in [4.78, 5) is 0. The monoisotopic (exact) mass is 244 g/mol. The minimum atomic E-state index is -0.159. The summed E-state index contributed by atoms with van der Waals surface area (Å²) in [5.41, 5.74) is 1.58. The van der Waals surface area contributed by atoms with Crippen LogP contribution >= 0.6 is 0 Å². The third kappa shape index (κ3) is 1.49. The van der Waals surface area contributed by atoms with Crippen LogP contribution in [-0.2, 0) is 0 Å². The third-order valence-electron chi connectivity index (χ3n) is 6.18. The molecule has 3 saturated carbocycles. The summed E-state index contributed by atoms with van der Waals surface area (Å²) >= 11 is 0. The van der Waals surface area contributed by atoms with Crippen molar-refractivity contribution in [1.29, 1.82) is 0 Å². The van der Waals surface area contributed by atoms with Crippen molar-refractivity contribution in [2.75, 3.05) is 0 Å². The predicted octanol–water partition coefficient (Wildman–Crippen LogP) is 3.41. The molecule has 1 heteroatoms. The lowest BCUT2D eigenvalue weighted by Crippen LogP contribution is -2.30. The van der Waals surface area contributed by atoms with Crippen molar-refractivity contribution in [2.45, 2.75) is 39.2 Å². The summed E-state index contributed by atoms with van der Waals surface area (Å²) in [5, 5.41) is 10.1. The highest BCUT2D eigenvalue weighted by molar-refractivity contribution is 5.25. The Kier molecular flexibility index (Phi) is 2.33. The average Bonchev–Trinajstić information content (AvgIpc) is 2.73. The second kappa shape index (κ2) is 3.72. The standard InChI is InChI=1S/C17H24O/c1-9(5-13-7-14-8-15(13)14)16-11-3-4-12(6-11)17(16)10(2)18/h3-5,10-18H,6-8H2,1-2H3. The molecule has 8 unspecified atom stereocenters. The molecule has 0 saturated heterocycles. The summed E-state index contributed by atoms with van der Waals surface area (Å²) in [6.07, 6.45) is 11.4. The van der Waals surface area contributed by atoms with E-state index in [0.717, 1.165) is 17.8 Å². The molecule has 1 N–H and O–H groups in total. The zero-order chi connectivity index (χ0) is 12.4. The van der Waals surface area contributed by atoms with E-state index in [-0.39, 0.29) is 6.10 Å². The van der Waals surface area contributed by atoms with Crippen molar-refractivity contribution in [1.82, 2.24) is 0 Å². The predicted molar refractivity (Wildman–Crippen MR) is 72.9 cm³/mol. The summed E-state index contributed by atoms with van der Waals surface area (Å²) in [7, 11) is 0. The first-order chi connectivity index (χ1) is 8.65. The van der Waals surface area contributed by atoms with E-state index in [0.29, 0.717) is 23.7 Å². The zero-order valence-electron chi connectivity index (χ0n) is 11.4. The van der Waals surface area contributed by atoms with Gasteiger partial charge in [0.15, 0.2) is 0 Å². The Morgan fingerprint density at radius 2 is 2.00 bits per heavy atom. The quantitative estimate of drug-likeness (QED) is 0.754. The van der Waals surface area contributed by atoms with Crippen LogP contribution in [0.1, 0.15) is 33.1 Å². The van der Waals surface area contributed by atoms with E-state index >= 15 is 0 Å². The summed E-state index contributed by atoms with van der Waals surface area (Å²) < 4.78 is 0. The zero-order valence-corrected chi connectivity index (χ0v) is 11.4. The molecule has 2 bridgehead atoms. The molecular formula is C17H24O. The fraction of sp³-hybridized carbons (Fsp3) is 0.765. The highest BCUT2D eigenvalue weighted by atomic mass is 16.3. The Morgan fingerprint density at radius 1 is 1.22 bits per heavy atom. The van der Waals surface area contributed by atoms with Gasteiger partial charge in [-0.2, -0.15) is 0 Å². The fourth-order valence-corrected chi connectivity index (χ4v) is 5.19. The molecule has 0 radical (unpaired) electrons. The van der Waals surface area contributed by atoms with E-state index in [4.69, 9.17) is 0 Å². The first-order valence-electron chi connectivity index (χ1n) is 7.70. The van der Waals surface area contributed by atoms with Crippen LogP contribution in [-0.4, -0.2) is 11.2 Å². The molecule has 0 spiro atoms. The molecule has 3 fully saturated rings. The van der Waals surface area contributed by atoms with Crippen LogP contribution in [0.25, 0.3) is 0 Å². The van der Waals surface area contributed by atoms with Crippen LogP contribution in [0.15, 0.2) is 23.8 Å². The van der Waals surface area contributed by atoms with Gasteiger partial charge in [-0.25, -0.2) is 0 Å². The van der Waals surface area contributed by atoms with Crippen LogP contribution in [0.2, 0.25) is 0 Å². The van der Waals surface area contributed by atoms with E-state index in [1.165, 1.54) is 19.3 Å². The Labute approximate surface area is 110 Å². The van der Waals surface area contributed by atoms with Gasteiger partial charge in [-0.3, -0.25) is 0 Å². The number of hydrogen-bond acceptors (Lipinski definition) is 1. The number of rotatable bonds is 3. The van der Waals surface area contributed by atoms with Gasteiger partial charge < -0.3 is 5.11 Å². The van der Waals surface area contributed by atoms with Crippen LogP contribution in [0.5, 0.6) is 0 Å². The molecule has 0 aromatic carbocycles. The van der Waals surface area contributed by atoms with Crippen molar-refractivity contribution < 1.29 is 5.11 Å². The molecule has 4 aliphatic carbocycles. The second-order valence-corrected chi connectivity index (χ2v) is 7.26. The number of aliphatic hydroxyl groups is 1. The molecule has 98 valence electrons. The first-order valence-corrected chi connectivity index (χ1v) is 7.70. The Bertz CT molecular complexity index is 419. The Balaban J connectivity index is 1.56. The van der Waals surface area contributed by atoms with E-state index in [1.54, 1.807) is 5.57 Å². The van der Waals surface area contributed by atoms with Gasteiger partial charge in [0, 0.05) is 0 Å². The Hall–Kier alpha value is -0.560. The van der Waals surface area contributed by atoms with Crippen molar-refractivity contribution >= 4 is 0 Å². The molecular weight excluding hydrogens is 220 g/mol. The minimum absolute atomic E-state index is 0.159. The van der Waals surface area contributed by atoms with Gasteiger partial charge in [-0.05, 0) is 74.5 Å². The van der Waals surface area contributed by atoms with Crippen LogP contribution in [0.3, 0.4) is 0 Å². The van der Waals surface area contributed by atoms with Gasteiger partial charge in [0.2, 0.25) is 0 Å². The second-order valence-electron chi connectivity index (χ2n) is 7.26. The van der Waals surface area contributed by atoms with Gasteiger partial charge >= 0.3 is 0 Å². The Morgan fingerprint density at radius 3 is 2.61 bits per heavy atom. The lowest BCUT2D eigenvalue weighted by molar-refractivity contribution is 0.0889. The lowest BCUT2D eigenvalue weighted by Gasteiger charge is -2.32. The van der Waals surface area contributed by atoms with Gasteiger partial charge in [-0.15, -0.1) is 0 Å². The number of allylic oxidation sites excluding steroid dienone is 4. The largest absolute Gasteiger partial charge is 0.393 e. The minimum Gasteiger partial charge on any atom is -0.393 e. The SMILES string of the molecule is CC(=CC1CC2CC12)C1C2C=CC(C2)C1C(C)O. The average molecular weight is 244 g/mol. The molecule has 18 heavy (non-hydrogen) atoms. The highest BCUT2D eigenvalue weighted by Crippen LogP contribution is 2.61. The van der Waals surface area contributed by atoms with Gasteiger partial charge in [0.05, 0.1) is 6.10 Å². The van der Waals surface area contributed by atoms with E-state index in [1.807, 2.05) is 6.92 Å². The maximum atomic E-state index is 10.1. The molecule has 4 rings (SSSR count). The molecule has 0 aromatic heterocycles. The van der Waals surface area contributed by atoms with Crippen molar-refractivity contribution in [3.63, 3.8) is 0 Å². The maximum absolute atomic E-state index is 10.1. The maximum Gasteiger partial charge on any atom is 0.0551 e. The van der Waals surface area contributed by atoms with Gasteiger partial charge in [0.25, 0.3) is 0 Å². The van der Waals surface area contributed by atoms with Crippen molar-refractivity contribution in [3.05, 3.63) is 23.8 Å². The lowest BCUT2D eigenvalue weighted by atomic mass is 9.74. The molecule has 8 atom stereocenters. The third-order valence-corrected chi connectivity index (χ3v) is 6.18. The number of hydrogen-bond donors (Lipinski definition) is 1. The normalized spacial score (nSPS) is 54.2. The molecule has 0 amide bonds. The van der Waals surface area contributed by atoms with Gasteiger partial charge in [-0.1, -0.05) is 23.8 Å². The van der Waals surface area contributed by atoms with Crippen molar-refractivity contribution in [3.8, 4) is 0 Å². The van der Waals surface area contributed by atoms with Crippen LogP contribution in [0, 0.1) is 41.4 Å². The van der Waals surface area contributed by atoms with E-state index in [9.17, 15) is 5.11 Å². The van der Waals surface area contributed by atoms with Crippen LogP contribution < -0.4 is 0 Å².